The summed E-state index contributed by atoms with van der Waals surface area (Å²) in [6.45, 7) is 2.50. The van der Waals surface area contributed by atoms with Crippen LogP contribution in [0, 0.1) is 5.82 Å². The molecule has 5 nitrogen and oxygen atoms in total. The molecule has 1 aliphatic heterocycles. The fraction of sp³-hybridized carbons (Fsp3) is 0.294. The normalized spacial score (nSPS) is 17.8. The van der Waals surface area contributed by atoms with E-state index in [9.17, 15) is 9.18 Å². The Balaban J connectivity index is 1.63. The minimum Gasteiger partial charge on any atom is -0.478 e. The lowest BCUT2D eigenvalue weighted by atomic mass is 10.2. The number of halogens is 2. The van der Waals surface area contributed by atoms with Crippen LogP contribution in [0.25, 0.3) is 0 Å². The van der Waals surface area contributed by atoms with Crippen molar-refractivity contribution < 1.29 is 14.3 Å². The quantitative estimate of drug-likeness (QED) is 0.811. The number of carboxylic acids is 1. The molecule has 1 atom stereocenters. The third-order valence-corrected chi connectivity index (χ3v) is 4.31. The van der Waals surface area contributed by atoms with Crippen LogP contribution in [0.4, 0.5) is 10.2 Å². The Labute approximate surface area is 144 Å². The van der Waals surface area contributed by atoms with Gasteiger partial charge in [0, 0.05) is 25.7 Å². The molecular weight excluding hydrogens is 333 g/mol. The number of rotatable bonds is 5. The van der Waals surface area contributed by atoms with Crippen LogP contribution in [0.5, 0.6) is 0 Å². The van der Waals surface area contributed by atoms with Gasteiger partial charge >= 0.3 is 5.97 Å². The lowest BCUT2D eigenvalue weighted by Crippen LogP contribution is -2.26. The number of aromatic nitrogens is 1. The van der Waals surface area contributed by atoms with Gasteiger partial charge in [-0.1, -0.05) is 41.9 Å². The topological polar surface area (TPSA) is 65.5 Å². The molecule has 126 valence electrons. The Hall–Kier alpha value is -2.18. The summed E-state index contributed by atoms with van der Waals surface area (Å²) >= 11 is 5.81. The van der Waals surface area contributed by atoms with Crippen LogP contribution in [-0.4, -0.2) is 40.1 Å². The molecule has 0 saturated carbocycles. The van der Waals surface area contributed by atoms with Crippen molar-refractivity contribution in [3.05, 3.63) is 58.5 Å². The number of carboxylic acid groups (broad SMARTS) is 1. The third-order valence-electron chi connectivity index (χ3n) is 4.02. The number of anilines is 1. The molecule has 1 aliphatic rings. The fourth-order valence-electron chi connectivity index (χ4n) is 2.85. The SMILES string of the molecule is O=C(O)c1cc(F)c(N[C@@H]2CCN(Cc3ccccc3)C2)nc1Cl. The van der Waals surface area contributed by atoms with Crippen LogP contribution in [0.15, 0.2) is 36.4 Å². The molecule has 2 N–H and O–H groups in total. The highest BCUT2D eigenvalue weighted by atomic mass is 35.5. The van der Waals surface area contributed by atoms with Crippen molar-refractivity contribution in [1.82, 2.24) is 9.88 Å². The molecule has 0 radical (unpaired) electrons. The van der Waals surface area contributed by atoms with Crippen LogP contribution in [0.2, 0.25) is 5.15 Å². The van der Waals surface area contributed by atoms with E-state index < -0.39 is 11.8 Å². The first kappa shape index (κ1) is 16.7. The maximum absolute atomic E-state index is 14.0. The van der Waals surface area contributed by atoms with Crippen LogP contribution in [-0.2, 0) is 6.54 Å². The van der Waals surface area contributed by atoms with Crippen molar-refractivity contribution in [3.8, 4) is 0 Å². The Kier molecular flexibility index (Phi) is 4.97. The number of hydrogen-bond donors (Lipinski definition) is 2. The lowest BCUT2D eigenvalue weighted by Gasteiger charge is -2.17. The first-order chi connectivity index (χ1) is 11.5. The van der Waals surface area contributed by atoms with E-state index in [1.807, 2.05) is 18.2 Å². The summed E-state index contributed by atoms with van der Waals surface area (Å²) < 4.78 is 14.0. The molecule has 2 aromatic rings. The average Bonchev–Trinajstić information content (AvgIpc) is 2.98. The summed E-state index contributed by atoms with van der Waals surface area (Å²) in [5.41, 5.74) is 0.896. The van der Waals surface area contributed by atoms with Crippen LogP contribution in [0.1, 0.15) is 22.3 Å². The first-order valence-electron chi connectivity index (χ1n) is 7.65. The zero-order valence-corrected chi connectivity index (χ0v) is 13.6. The zero-order chi connectivity index (χ0) is 17.1. The van der Waals surface area contributed by atoms with E-state index in [0.29, 0.717) is 0 Å². The van der Waals surface area contributed by atoms with E-state index in [2.05, 4.69) is 27.3 Å². The second-order valence-electron chi connectivity index (χ2n) is 5.81. The Morgan fingerprint density at radius 3 is 2.88 bits per heavy atom. The average molecular weight is 350 g/mol. The summed E-state index contributed by atoms with van der Waals surface area (Å²) in [6.07, 6.45) is 0.853. The number of likely N-dealkylation sites (tertiary alicyclic amines) is 1. The Morgan fingerprint density at radius 2 is 2.17 bits per heavy atom. The number of hydrogen-bond acceptors (Lipinski definition) is 4. The second kappa shape index (κ2) is 7.15. The number of carbonyl (C=O) groups is 1. The first-order valence-corrected chi connectivity index (χ1v) is 8.03. The van der Waals surface area contributed by atoms with Gasteiger partial charge in [0.15, 0.2) is 11.6 Å². The monoisotopic (exact) mass is 349 g/mol. The fourth-order valence-corrected chi connectivity index (χ4v) is 3.07. The predicted molar refractivity (Wildman–Crippen MR) is 89.9 cm³/mol. The van der Waals surface area contributed by atoms with Crippen molar-refractivity contribution in [2.45, 2.75) is 19.0 Å². The van der Waals surface area contributed by atoms with E-state index in [4.69, 9.17) is 16.7 Å². The molecule has 0 unspecified atom stereocenters. The minimum atomic E-state index is -1.30. The number of nitrogens with zero attached hydrogens (tertiary/aromatic N) is 2. The summed E-state index contributed by atoms with van der Waals surface area (Å²) in [4.78, 5) is 17.1. The van der Waals surface area contributed by atoms with Crippen molar-refractivity contribution in [2.24, 2.45) is 0 Å². The number of benzene rings is 1. The molecule has 1 saturated heterocycles. The van der Waals surface area contributed by atoms with E-state index >= 15 is 0 Å². The van der Waals surface area contributed by atoms with Crippen molar-refractivity contribution in [2.75, 3.05) is 18.4 Å². The summed E-state index contributed by atoms with van der Waals surface area (Å²) in [5.74, 6) is -2.01. The van der Waals surface area contributed by atoms with Gasteiger partial charge in [0.2, 0.25) is 0 Å². The standard InChI is InChI=1S/C17H17ClFN3O2/c18-15-13(17(23)24)8-14(19)16(21-15)20-12-6-7-22(10-12)9-11-4-2-1-3-5-11/h1-5,8,12H,6-7,9-10H2,(H,20,21)(H,23,24)/t12-/m1/s1. The van der Waals surface area contributed by atoms with Gasteiger partial charge in [-0.05, 0) is 18.1 Å². The molecule has 0 aliphatic carbocycles. The highest BCUT2D eigenvalue weighted by Crippen LogP contribution is 2.23. The molecule has 1 aromatic heterocycles. The highest BCUT2D eigenvalue weighted by Gasteiger charge is 2.24. The van der Waals surface area contributed by atoms with Crippen molar-refractivity contribution in [1.29, 1.82) is 0 Å². The molecule has 2 heterocycles. The highest BCUT2D eigenvalue weighted by molar-refractivity contribution is 6.32. The van der Waals surface area contributed by atoms with Gasteiger partial charge in [0.25, 0.3) is 0 Å². The van der Waals surface area contributed by atoms with E-state index in [-0.39, 0.29) is 22.6 Å². The summed E-state index contributed by atoms with van der Waals surface area (Å²) in [7, 11) is 0. The molecule has 0 spiro atoms. The van der Waals surface area contributed by atoms with E-state index in [0.717, 1.165) is 32.1 Å². The van der Waals surface area contributed by atoms with E-state index in [1.54, 1.807) is 0 Å². The molecule has 1 aromatic carbocycles. The van der Waals surface area contributed by atoms with Gasteiger partial charge in [-0.15, -0.1) is 0 Å². The molecule has 24 heavy (non-hydrogen) atoms. The number of nitrogens with one attached hydrogen (secondary N) is 1. The smallest absolute Gasteiger partial charge is 0.338 e. The lowest BCUT2D eigenvalue weighted by molar-refractivity contribution is 0.0696. The van der Waals surface area contributed by atoms with Crippen molar-refractivity contribution >= 4 is 23.4 Å². The molecular formula is C17H17ClFN3O2. The number of aromatic carboxylic acids is 1. The van der Waals surface area contributed by atoms with E-state index in [1.165, 1.54) is 5.56 Å². The maximum atomic E-state index is 14.0. The maximum Gasteiger partial charge on any atom is 0.338 e. The van der Waals surface area contributed by atoms with Gasteiger partial charge in [-0.25, -0.2) is 14.2 Å². The minimum absolute atomic E-state index is 0.00318. The Bertz CT molecular complexity index is 742. The zero-order valence-electron chi connectivity index (χ0n) is 12.9. The van der Waals surface area contributed by atoms with Gasteiger partial charge < -0.3 is 10.4 Å². The molecule has 0 amide bonds. The van der Waals surface area contributed by atoms with Gasteiger partial charge in [0.05, 0.1) is 5.56 Å². The molecule has 7 heteroatoms. The third kappa shape index (κ3) is 3.83. The molecule has 3 rings (SSSR count). The largest absolute Gasteiger partial charge is 0.478 e. The molecule has 1 fully saturated rings. The van der Waals surface area contributed by atoms with Crippen LogP contribution >= 0.6 is 11.6 Å². The number of pyridine rings is 1. The summed E-state index contributed by atoms with van der Waals surface area (Å²) in [5, 5.41) is 11.7. The van der Waals surface area contributed by atoms with Gasteiger partial charge in [-0.2, -0.15) is 0 Å². The van der Waals surface area contributed by atoms with Crippen molar-refractivity contribution in [3.63, 3.8) is 0 Å². The predicted octanol–water partition coefficient (Wildman–Crippen LogP) is 3.26. The van der Waals surface area contributed by atoms with Gasteiger partial charge in [-0.3, -0.25) is 4.90 Å². The summed E-state index contributed by atoms with van der Waals surface area (Å²) in [6, 6.07) is 11.1. The van der Waals surface area contributed by atoms with Crippen LogP contribution < -0.4 is 5.32 Å². The Morgan fingerprint density at radius 1 is 1.42 bits per heavy atom. The van der Waals surface area contributed by atoms with Crippen LogP contribution in [0.3, 0.4) is 0 Å². The second-order valence-corrected chi connectivity index (χ2v) is 6.17. The molecule has 0 bridgehead atoms. The van der Waals surface area contributed by atoms with Gasteiger partial charge in [0.1, 0.15) is 5.15 Å².